The van der Waals surface area contributed by atoms with Gasteiger partial charge in [-0.25, -0.2) is 8.42 Å². The zero-order valence-electron chi connectivity index (χ0n) is 13.1. The summed E-state index contributed by atoms with van der Waals surface area (Å²) in [4.78, 5) is 4.50. The summed E-state index contributed by atoms with van der Waals surface area (Å²) in [6, 6.07) is 10.8. The molecule has 2 aromatic rings. The Balaban J connectivity index is 1.99. The van der Waals surface area contributed by atoms with Crippen LogP contribution in [-0.4, -0.2) is 37.3 Å². The number of piperazine rings is 1. The van der Waals surface area contributed by atoms with Crippen LogP contribution in [0.5, 0.6) is 0 Å². The minimum atomic E-state index is -3.53. The lowest BCUT2D eigenvalue weighted by molar-refractivity contribution is 0.271. The van der Waals surface area contributed by atoms with Gasteiger partial charge >= 0.3 is 0 Å². The maximum atomic E-state index is 13.1. The molecule has 0 bridgehead atoms. The van der Waals surface area contributed by atoms with Crippen molar-refractivity contribution in [2.45, 2.75) is 24.3 Å². The lowest BCUT2D eigenvalue weighted by atomic mass is 10.1. The minimum absolute atomic E-state index is 0.229. The Kier molecular flexibility index (Phi) is 4.75. The van der Waals surface area contributed by atoms with E-state index in [1.54, 1.807) is 28.8 Å². The van der Waals surface area contributed by atoms with Crippen molar-refractivity contribution in [2.24, 2.45) is 0 Å². The summed E-state index contributed by atoms with van der Waals surface area (Å²) in [5.41, 5.74) is 1.94. The first-order chi connectivity index (χ1) is 11.1. The lowest BCUT2D eigenvalue weighted by Crippen LogP contribution is -2.48. The van der Waals surface area contributed by atoms with Crippen molar-refractivity contribution >= 4 is 10.0 Å². The first-order valence-corrected chi connectivity index (χ1v) is 9.28. The van der Waals surface area contributed by atoms with Gasteiger partial charge in [-0.2, -0.15) is 4.31 Å². The van der Waals surface area contributed by atoms with Crippen LogP contribution >= 0.6 is 0 Å². The predicted octanol–water partition coefficient (Wildman–Crippen LogP) is 1.98. The largest absolute Gasteiger partial charge is 0.313 e. The van der Waals surface area contributed by atoms with E-state index >= 15 is 0 Å². The summed E-state index contributed by atoms with van der Waals surface area (Å²) in [6.07, 6.45) is 4.25. The van der Waals surface area contributed by atoms with Crippen LogP contribution in [0.3, 0.4) is 0 Å². The molecule has 3 rings (SSSR count). The third kappa shape index (κ3) is 3.29. The van der Waals surface area contributed by atoms with E-state index in [1.165, 1.54) is 0 Å². The van der Waals surface area contributed by atoms with Gasteiger partial charge in [0.25, 0.3) is 0 Å². The fraction of sp³-hybridized carbons (Fsp3) is 0.353. The van der Waals surface area contributed by atoms with Gasteiger partial charge in [0.15, 0.2) is 0 Å². The van der Waals surface area contributed by atoms with Crippen LogP contribution in [0, 0.1) is 0 Å². The quantitative estimate of drug-likeness (QED) is 0.930. The van der Waals surface area contributed by atoms with Crippen LogP contribution in [0.4, 0.5) is 0 Å². The van der Waals surface area contributed by atoms with Crippen molar-refractivity contribution in [3.8, 4) is 0 Å². The number of aromatic nitrogens is 1. The maximum Gasteiger partial charge on any atom is 0.243 e. The van der Waals surface area contributed by atoms with Crippen molar-refractivity contribution in [3.63, 3.8) is 0 Å². The molecule has 0 radical (unpaired) electrons. The normalized spacial score (nSPS) is 19.6. The van der Waals surface area contributed by atoms with Gasteiger partial charge in [-0.15, -0.1) is 0 Å². The smallest absolute Gasteiger partial charge is 0.243 e. The molecule has 1 N–H and O–H groups in total. The van der Waals surface area contributed by atoms with E-state index in [4.69, 9.17) is 0 Å². The molecule has 1 fully saturated rings. The number of benzene rings is 1. The molecular weight excluding hydrogens is 310 g/mol. The highest BCUT2D eigenvalue weighted by Gasteiger charge is 2.34. The highest BCUT2D eigenvalue weighted by atomic mass is 32.2. The molecule has 0 saturated carbocycles. The summed E-state index contributed by atoms with van der Waals surface area (Å²) < 4.78 is 27.8. The van der Waals surface area contributed by atoms with Crippen molar-refractivity contribution in [1.82, 2.24) is 14.6 Å². The van der Waals surface area contributed by atoms with E-state index in [0.29, 0.717) is 24.5 Å². The number of nitrogens with one attached hydrogen (secondary N) is 1. The Bertz CT molecular complexity index is 762. The highest BCUT2D eigenvalue weighted by molar-refractivity contribution is 7.89. The van der Waals surface area contributed by atoms with Gasteiger partial charge in [-0.3, -0.25) is 4.98 Å². The maximum absolute atomic E-state index is 13.1. The molecule has 1 aliphatic heterocycles. The third-order valence-corrected chi connectivity index (χ3v) is 6.08. The van der Waals surface area contributed by atoms with Crippen LogP contribution < -0.4 is 5.32 Å². The van der Waals surface area contributed by atoms with Crippen molar-refractivity contribution in [1.29, 1.82) is 0 Å². The van der Waals surface area contributed by atoms with Gasteiger partial charge in [0.2, 0.25) is 10.0 Å². The third-order valence-electron chi connectivity index (χ3n) is 4.18. The topological polar surface area (TPSA) is 62.3 Å². The summed E-state index contributed by atoms with van der Waals surface area (Å²) in [7, 11) is -3.53. The van der Waals surface area contributed by atoms with Gasteiger partial charge in [0, 0.05) is 32.0 Å². The second kappa shape index (κ2) is 6.78. The van der Waals surface area contributed by atoms with E-state index in [2.05, 4.69) is 10.3 Å². The zero-order valence-corrected chi connectivity index (χ0v) is 14.0. The van der Waals surface area contributed by atoms with Gasteiger partial charge in [-0.1, -0.05) is 25.1 Å². The number of aryl methyl sites for hydroxylation is 1. The highest BCUT2D eigenvalue weighted by Crippen LogP contribution is 2.28. The second-order valence-electron chi connectivity index (χ2n) is 5.62. The molecule has 1 saturated heterocycles. The van der Waals surface area contributed by atoms with Crippen molar-refractivity contribution in [3.05, 3.63) is 59.9 Å². The summed E-state index contributed by atoms with van der Waals surface area (Å²) in [6.45, 7) is 3.73. The van der Waals surface area contributed by atoms with E-state index in [9.17, 15) is 8.42 Å². The molecule has 0 amide bonds. The second-order valence-corrected chi connectivity index (χ2v) is 7.51. The average molecular weight is 331 g/mol. The molecule has 0 aliphatic carbocycles. The van der Waals surface area contributed by atoms with Crippen LogP contribution in [0.2, 0.25) is 0 Å². The Labute approximate surface area is 137 Å². The molecule has 2 heterocycles. The van der Waals surface area contributed by atoms with Gasteiger partial charge < -0.3 is 5.32 Å². The van der Waals surface area contributed by atoms with Crippen molar-refractivity contribution < 1.29 is 8.42 Å². The monoisotopic (exact) mass is 331 g/mol. The summed E-state index contributed by atoms with van der Waals surface area (Å²) >= 11 is 0. The minimum Gasteiger partial charge on any atom is -0.313 e. The fourth-order valence-electron chi connectivity index (χ4n) is 2.89. The number of nitrogens with zero attached hydrogens (tertiary/aromatic N) is 2. The number of hydrogen-bond acceptors (Lipinski definition) is 4. The number of hydrogen-bond donors (Lipinski definition) is 1. The summed E-state index contributed by atoms with van der Waals surface area (Å²) in [5, 5.41) is 3.28. The van der Waals surface area contributed by atoms with Crippen LogP contribution in [0.1, 0.15) is 24.1 Å². The van der Waals surface area contributed by atoms with Gasteiger partial charge in [-0.05, 0) is 35.7 Å². The SMILES string of the molecule is CCc1cccc(S(=O)(=O)N2CCNCC2c2cccnc2)c1. The fourth-order valence-corrected chi connectivity index (χ4v) is 4.58. The molecule has 1 aromatic heterocycles. The Morgan fingerprint density at radius 1 is 1.30 bits per heavy atom. The number of pyridine rings is 1. The average Bonchev–Trinajstić information content (AvgIpc) is 2.62. The van der Waals surface area contributed by atoms with Gasteiger partial charge in [0.1, 0.15) is 0 Å². The van der Waals surface area contributed by atoms with Crippen molar-refractivity contribution in [2.75, 3.05) is 19.6 Å². The molecule has 122 valence electrons. The molecule has 1 atom stereocenters. The molecule has 1 unspecified atom stereocenters. The zero-order chi connectivity index (χ0) is 16.3. The van der Waals surface area contributed by atoms with Gasteiger partial charge in [0.05, 0.1) is 10.9 Å². The Morgan fingerprint density at radius 3 is 2.91 bits per heavy atom. The lowest BCUT2D eigenvalue weighted by Gasteiger charge is -2.35. The Morgan fingerprint density at radius 2 is 2.17 bits per heavy atom. The van der Waals surface area contributed by atoms with E-state index in [1.807, 2.05) is 31.2 Å². The molecule has 23 heavy (non-hydrogen) atoms. The van der Waals surface area contributed by atoms with Crippen LogP contribution in [-0.2, 0) is 16.4 Å². The summed E-state index contributed by atoms with van der Waals surface area (Å²) in [5.74, 6) is 0. The van der Waals surface area contributed by atoms with Crippen LogP contribution in [0.15, 0.2) is 53.7 Å². The molecular formula is C17H21N3O2S. The standard InChI is InChI=1S/C17H21N3O2S/c1-2-14-5-3-7-16(11-14)23(21,22)20-10-9-19-13-17(20)15-6-4-8-18-12-15/h3-8,11-12,17,19H,2,9-10,13H2,1H3. The predicted molar refractivity (Wildman–Crippen MR) is 89.6 cm³/mol. The van der Waals surface area contributed by atoms with E-state index in [-0.39, 0.29) is 6.04 Å². The molecule has 5 nitrogen and oxygen atoms in total. The number of sulfonamides is 1. The van der Waals surface area contributed by atoms with E-state index in [0.717, 1.165) is 17.5 Å². The molecule has 1 aliphatic rings. The van der Waals surface area contributed by atoms with Crippen LogP contribution in [0.25, 0.3) is 0 Å². The molecule has 0 spiro atoms. The molecule has 6 heteroatoms. The number of rotatable bonds is 4. The van der Waals surface area contributed by atoms with E-state index < -0.39 is 10.0 Å². The first-order valence-electron chi connectivity index (χ1n) is 7.84. The Hall–Kier alpha value is -1.76. The molecule has 1 aromatic carbocycles. The first kappa shape index (κ1) is 16.1.